The van der Waals surface area contributed by atoms with Crippen molar-refractivity contribution in [3.8, 4) is 11.6 Å². The third-order valence-electron chi connectivity index (χ3n) is 2.09. The summed E-state index contributed by atoms with van der Waals surface area (Å²) in [5.41, 5.74) is 1.08. The van der Waals surface area contributed by atoms with Crippen LogP contribution < -0.4 is 10.2 Å². The van der Waals surface area contributed by atoms with E-state index in [1.807, 2.05) is 0 Å². The summed E-state index contributed by atoms with van der Waals surface area (Å²) in [4.78, 5) is 3.99. The zero-order valence-corrected chi connectivity index (χ0v) is 8.56. The summed E-state index contributed by atoms with van der Waals surface area (Å²) in [6.45, 7) is -0.480. The molecule has 1 aromatic heterocycles. The molecule has 0 spiro atoms. The first-order chi connectivity index (χ1) is 7.79. The van der Waals surface area contributed by atoms with Crippen LogP contribution in [0.3, 0.4) is 0 Å². The molecule has 1 aromatic carbocycles. The highest BCUT2D eigenvalue weighted by Gasteiger charge is 2.01. The number of nitrogens with zero attached hydrogens (tertiary/aromatic N) is 1. The van der Waals surface area contributed by atoms with Crippen molar-refractivity contribution in [2.75, 3.05) is 0 Å². The fourth-order valence-corrected chi connectivity index (χ4v) is 1.25. The molecule has 0 bridgehead atoms. The molecule has 16 heavy (non-hydrogen) atoms. The van der Waals surface area contributed by atoms with Crippen LogP contribution in [0, 0.1) is 0 Å². The van der Waals surface area contributed by atoms with Gasteiger partial charge < -0.3 is 4.74 Å². The van der Waals surface area contributed by atoms with Crippen LogP contribution in [-0.4, -0.2) is 12.8 Å². The molecule has 2 nitrogen and oxygen atoms in total. The highest BCUT2D eigenvalue weighted by atomic mass is 19.1. The van der Waals surface area contributed by atoms with E-state index in [-0.39, 0.29) is 0 Å². The van der Waals surface area contributed by atoms with Gasteiger partial charge in [-0.1, -0.05) is 18.2 Å². The lowest BCUT2D eigenvalue weighted by molar-refractivity contribution is 0.464. The molecule has 0 atom stereocenters. The molecule has 0 amide bonds. The highest BCUT2D eigenvalue weighted by Crippen LogP contribution is 2.18. The van der Waals surface area contributed by atoms with Gasteiger partial charge in [0.2, 0.25) is 5.88 Å². The lowest BCUT2D eigenvalue weighted by Gasteiger charge is -2.07. The average Bonchev–Trinajstić information content (AvgIpc) is 2.33. The van der Waals surface area contributed by atoms with Gasteiger partial charge in [-0.15, -0.1) is 0 Å². The second kappa shape index (κ2) is 4.79. The average molecular weight is 213 g/mol. The maximum atomic E-state index is 12.3. The molecular formula is C12H9BFNO. The van der Waals surface area contributed by atoms with Gasteiger partial charge in [0.15, 0.2) is 0 Å². The Morgan fingerprint density at radius 3 is 2.56 bits per heavy atom. The van der Waals surface area contributed by atoms with Crippen LogP contribution in [0.5, 0.6) is 11.6 Å². The molecule has 0 saturated carbocycles. The van der Waals surface area contributed by atoms with Crippen LogP contribution in [0.4, 0.5) is 4.39 Å². The molecule has 1 heterocycles. The first kappa shape index (κ1) is 10.7. The van der Waals surface area contributed by atoms with E-state index in [1.165, 1.54) is 0 Å². The van der Waals surface area contributed by atoms with E-state index in [0.29, 0.717) is 22.7 Å². The molecule has 0 aliphatic carbocycles. The molecule has 0 unspecified atom stereocenters. The van der Waals surface area contributed by atoms with Crippen molar-refractivity contribution in [2.45, 2.75) is 6.67 Å². The summed E-state index contributed by atoms with van der Waals surface area (Å²) in [5.74, 6) is 0.943. The first-order valence-corrected chi connectivity index (χ1v) is 4.83. The van der Waals surface area contributed by atoms with E-state index in [1.54, 1.807) is 42.6 Å². The third kappa shape index (κ3) is 2.39. The van der Waals surface area contributed by atoms with Crippen LogP contribution in [-0.2, 0) is 6.67 Å². The largest absolute Gasteiger partial charge is 0.440 e. The standard InChI is InChI=1S/C12H9BFNO/c13-11-2-1-7-15-12(11)16-10-5-3-9(8-14)4-6-10/h1-7H,8H2. The van der Waals surface area contributed by atoms with E-state index < -0.39 is 6.67 Å². The Kier molecular flexibility index (Phi) is 3.20. The van der Waals surface area contributed by atoms with Crippen LogP contribution in [0.15, 0.2) is 42.6 Å². The summed E-state index contributed by atoms with van der Waals surface area (Å²) in [5, 5.41) is 0. The molecule has 2 rings (SSSR count). The van der Waals surface area contributed by atoms with Crippen molar-refractivity contribution in [3.05, 3.63) is 48.2 Å². The van der Waals surface area contributed by atoms with Crippen molar-refractivity contribution < 1.29 is 9.13 Å². The minimum absolute atomic E-state index is 0.357. The van der Waals surface area contributed by atoms with E-state index in [9.17, 15) is 4.39 Å². The Balaban J connectivity index is 2.18. The minimum atomic E-state index is -0.480. The zero-order valence-electron chi connectivity index (χ0n) is 8.56. The highest BCUT2D eigenvalue weighted by molar-refractivity contribution is 6.33. The molecule has 0 N–H and O–H groups in total. The first-order valence-electron chi connectivity index (χ1n) is 4.83. The molecule has 0 fully saturated rings. The van der Waals surface area contributed by atoms with Crippen molar-refractivity contribution >= 4 is 13.3 Å². The van der Waals surface area contributed by atoms with E-state index in [4.69, 9.17) is 12.6 Å². The summed E-state index contributed by atoms with van der Waals surface area (Å²) in [6, 6.07) is 10.1. The predicted octanol–water partition coefficient (Wildman–Crippen LogP) is 2.14. The number of ether oxygens (including phenoxy) is 1. The van der Waals surface area contributed by atoms with E-state index in [2.05, 4.69) is 4.98 Å². The molecule has 2 radical (unpaired) electrons. The predicted molar refractivity (Wildman–Crippen MR) is 61.0 cm³/mol. The van der Waals surface area contributed by atoms with Gasteiger partial charge >= 0.3 is 0 Å². The molecule has 0 aliphatic heterocycles. The number of benzene rings is 1. The van der Waals surface area contributed by atoms with Gasteiger partial charge in [0, 0.05) is 6.20 Å². The Labute approximate surface area is 94.5 Å². The van der Waals surface area contributed by atoms with Crippen LogP contribution in [0.25, 0.3) is 0 Å². The maximum absolute atomic E-state index is 12.3. The van der Waals surface area contributed by atoms with Gasteiger partial charge in [0.1, 0.15) is 20.3 Å². The van der Waals surface area contributed by atoms with Gasteiger partial charge in [0.25, 0.3) is 0 Å². The summed E-state index contributed by atoms with van der Waals surface area (Å²) < 4.78 is 17.7. The van der Waals surface area contributed by atoms with Crippen LogP contribution in [0.1, 0.15) is 5.56 Å². The summed E-state index contributed by atoms with van der Waals surface area (Å²) in [6.07, 6.45) is 1.60. The summed E-state index contributed by atoms with van der Waals surface area (Å²) in [7, 11) is 5.68. The molecule has 2 aromatic rings. The lowest BCUT2D eigenvalue weighted by Crippen LogP contribution is -2.07. The Morgan fingerprint density at radius 1 is 1.19 bits per heavy atom. The van der Waals surface area contributed by atoms with Crippen molar-refractivity contribution in [2.24, 2.45) is 0 Å². The molecular weight excluding hydrogens is 204 g/mol. The topological polar surface area (TPSA) is 22.1 Å². The fourth-order valence-electron chi connectivity index (χ4n) is 1.25. The van der Waals surface area contributed by atoms with Crippen molar-refractivity contribution in [3.63, 3.8) is 0 Å². The second-order valence-electron chi connectivity index (χ2n) is 3.28. The number of rotatable bonds is 3. The van der Waals surface area contributed by atoms with Crippen LogP contribution >= 0.6 is 0 Å². The molecule has 78 valence electrons. The number of halogens is 1. The number of aromatic nitrogens is 1. The monoisotopic (exact) mass is 213 g/mol. The SMILES string of the molecule is [B]c1cccnc1Oc1ccc(CF)cc1. The maximum Gasteiger partial charge on any atom is 0.211 e. The van der Waals surface area contributed by atoms with Gasteiger partial charge in [-0.05, 0) is 29.2 Å². The smallest absolute Gasteiger partial charge is 0.211 e. The quantitative estimate of drug-likeness (QED) is 0.728. The molecule has 0 aliphatic rings. The van der Waals surface area contributed by atoms with Crippen LogP contribution in [0.2, 0.25) is 0 Å². The number of hydrogen-bond donors (Lipinski definition) is 0. The Morgan fingerprint density at radius 2 is 1.94 bits per heavy atom. The minimum Gasteiger partial charge on any atom is -0.440 e. The van der Waals surface area contributed by atoms with Gasteiger partial charge in [-0.3, -0.25) is 0 Å². The number of hydrogen-bond acceptors (Lipinski definition) is 2. The number of alkyl halides is 1. The van der Waals surface area contributed by atoms with Gasteiger partial charge in [-0.2, -0.15) is 0 Å². The normalized spacial score (nSPS) is 10.1. The van der Waals surface area contributed by atoms with E-state index in [0.717, 1.165) is 0 Å². The number of pyridine rings is 1. The zero-order chi connectivity index (χ0) is 11.4. The lowest BCUT2D eigenvalue weighted by atomic mass is 9.98. The Bertz CT molecular complexity index is 473. The molecule has 4 heteroatoms. The van der Waals surface area contributed by atoms with Crippen molar-refractivity contribution in [1.82, 2.24) is 4.98 Å². The van der Waals surface area contributed by atoms with E-state index >= 15 is 0 Å². The van der Waals surface area contributed by atoms with Gasteiger partial charge in [-0.25, -0.2) is 9.37 Å². The molecule has 0 saturated heterocycles. The second-order valence-corrected chi connectivity index (χ2v) is 3.28. The fraction of sp³-hybridized carbons (Fsp3) is 0.0833. The Hall–Kier alpha value is -1.84. The summed E-state index contributed by atoms with van der Waals surface area (Å²) >= 11 is 0. The van der Waals surface area contributed by atoms with Crippen molar-refractivity contribution in [1.29, 1.82) is 0 Å². The third-order valence-corrected chi connectivity index (χ3v) is 2.09. The van der Waals surface area contributed by atoms with Gasteiger partial charge in [0.05, 0.1) is 0 Å².